The third kappa shape index (κ3) is 4.15. The van der Waals surface area contributed by atoms with Crippen LogP contribution in [0, 0.1) is 5.92 Å². The quantitative estimate of drug-likeness (QED) is 0.811. The summed E-state index contributed by atoms with van der Waals surface area (Å²) in [4.78, 5) is 16.7. The molecule has 2 aliphatic rings. The van der Waals surface area contributed by atoms with E-state index in [1.807, 2.05) is 0 Å². The van der Waals surface area contributed by atoms with Gasteiger partial charge in [-0.2, -0.15) is 4.98 Å². The van der Waals surface area contributed by atoms with E-state index < -0.39 is 0 Å². The van der Waals surface area contributed by atoms with Gasteiger partial charge in [-0.1, -0.05) is 0 Å². The zero-order valence-corrected chi connectivity index (χ0v) is 14.1. The largest absolute Gasteiger partial charge is 0.481 e. The molecule has 1 aromatic heterocycles. The second kappa shape index (κ2) is 7.81. The summed E-state index contributed by atoms with van der Waals surface area (Å²) in [6, 6.07) is 3.11. The lowest BCUT2D eigenvalue weighted by molar-refractivity contribution is -0.0567. The summed E-state index contributed by atoms with van der Waals surface area (Å²) in [5, 5.41) is 2.99. The normalized spacial score (nSPS) is 23.6. The van der Waals surface area contributed by atoms with Gasteiger partial charge < -0.3 is 24.3 Å². The van der Waals surface area contributed by atoms with Crippen molar-refractivity contribution in [3.8, 4) is 11.8 Å². The van der Waals surface area contributed by atoms with Crippen LogP contribution in [0.1, 0.15) is 29.6 Å². The van der Waals surface area contributed by atoms with Crippen molar-refractivity contribution in [3.63, 3.8) is 0 Å². The minimum Gasteiger partial charge on any atom is -0.481 e. The lowest BCUT2D eigenvalue weighted by Gasteiger charge is -2.32. The Hall–Kier alpha value is -1.86. The standard InChI is InChI=1S/C17H24N2O5/c1-21-15-6-5-12(17(19-15)22-2)16(20)18-13-10-23-8-7-14(13)24-9-11-3-4-11/h5-6,11,13-14H,3-4,7-10H2,1-2H3,(H,18,20)/t13-,14+/m1/s1. The minimum absolute atomic E-state index is 0.0134. The Morgan fingerprint density at radius 1 is 1.29 bits per heavy atom. The van der Waals surface area contributed by atoms with Crippen LogP contribution in [-0.4, -0.2) is 57.1 Å². The number of amides is 1. The highest BCUT2D eigenvalue weighted by molar-refractivity contribution is 5.96. The van der Waals surface area contributed by atoms with Crippen LogP contribution in [0.3, 0.4) is 0 Å². The molecule has 1 aliphatic carbocycles. The molecule has 0 aromatic carbocycles. The molecule has 7 nitrogen and oxygen atoms in total. The number of aromatic nitrogens is 1. The van der Waals surface area contributed by atoms with Gasteiger partial charge >= 0.3 is 0 Å². The first-order valence-corrected chi connectivity index (χ1v) is 8.30. The Labute approximate surface area is 141 Å². The van der Waals surface area contributed by atoms with Crippen molar-refractivity contribution >= 4 is 5.91 Å². The lowest BCUT2D eigenvalue weighted by Crippen LogP contribution is -2.50. The van der Waals surface area contributed by atoms with Crippen molar-refractivity contribution in [2.45, 2.75) is 31.4 Å². The molecule has 7 heteroatoms. The van der Waals surface area contributed by atoms with E-state index in [0.29, 0.717) is 30.6 Å². The van der Waals surface area contributed by atoms with Gasteiger partial charge in [-0.3, -0.25) is 4.79 Å². The predicted octanol–water partition coefficient (Wildman–Crippen LogP) is 1.41. The molecule has 1 aliphatic heterocycles. The van der Waals surface area contributed by atoms with Crippen molar-refractivity contribution in [1.29, 1.82) is 0 Å². The van der Waals surface area contributed by atoms with Crippen LogP contribution in [0.5, 0.6) is 11.8 Å². The molecule has 2 fully saturated rings. The molecule has 24 heavy (non-hydrogen) atoms. The summed E-state index contributed by atoms with van der Waals surface area (Å²) in [6.07, 6.45) is 3.26. The maximum Gasteiger partial charge on any atom is 0.257 e. The van der Waals surface area contributed by atoms with Gasteiger partial charge in [0.25, 0.3) is 5.91 Å². The SMILES string of the molecule is COc1ccc(C(=O)N[C@@H]2COCC[C@@H]2OCC2CC2)c(OC)n1. The highest BCUT2D eigenvalue weighted by Gasteiger charge is 2.31. The Balaban J connectivity index is 1.65. The highest BCUT2D eigenvalue weighted by Crippen LogP contribution is 2.30. The molecule has 0 bridgehead atoms. The molecule has 1 saturated carbocycles. The zero-order valence-electron chi connectivity index (χ0n) is 14.1. The number of methoxy groups -OCH3 is 2. The van der Waals surface area contributed by atoms with Crippen molar-refractivity contribution in [2.75, 3.05) is 34.0 Å². The number of nitrogens with zero attached hydrogens (tertiary/aromatic N) is 1. The van der Waals surface area contributed by atoms with Crippen molar-refractivity contribution in [2.24, 2.45) is 5.92 Å². The maximum atomic E-state index is 12.6. The number of carbonyl (C=O) groups is 1. The molecule has 1 aromatic rings. The van der Waals surface area contributed by atoms with Crippen LogP contribution < -0.4 is 14.8 Å². The van der Waals surface area contributed by atoms with E-state index in [0.717, 1.165) is 13.0 Å². The molecule has 1 N–H and O–H groups in total. The van der Waals surface area contributed by atoms with Crippen LogP contribution in [0.2, 0.25) is 0 Å². The monoisotopic (exact) mass is 336 g/mol. The van der Waals surface area contributed by atoms with E-state index in [1.165, 1.54) is 27.1 Å². The van der Waals surface area contributed by atoms with Crippen LogP contribution >= 0.6 is 0 Å². The summed E-state index contributed by atoms with van der Waals surface area (Å²) in [7, 11) is 2.99. The Kier molecular flexibility index (Phi) is 5.52. The molecular formula is C17H24N2O5. The van der Waals surface area contributed by atoms with Crippen molar-refractivity contribution in [1.82, 2.24) is 10.3 Å². The summed E-state index contributed by atoms with van der Waals surface area (Å²) in [5.41, 5.74) is 0.366. The lowest BCUT2D eigenvalue weighted by atomic mass is 10.1. The first-order valence-electron chi connectivity index (χ1n) is 8.30. The molecule has 0 radical (unpaired) electrons. The van der Waals surface area contributed by atoms with Gasteiger partial charge in [-0.05, 0) is 31.2 Å². The molecule has 1 amide bonds. The number of rotatable bonds is 7. The van der Waals surface area contributed by atoms with E-state index in [-0.39, 0.29) is 23.9 Å². The van der Waals surface area contributed by atoms with Crippen LogP contribution in [0.25, 0.3) is 0 Å². The van der Waals surface area contributed by atoms with E-state index >= 15 is 0 Å². The summed E-state index contributed by atoms with van der Waals surface area (Å²) in [5.74, 6) is 1.07. The molecule has 2 heterocycles. The predicted molar refractivity (Wildman–Crippen MR) is 86.5 cm³/mol. The maximum absolute atomic E-state index is 12.6. The van der Waals surface area contributed by atoms with Gasteiger partial charge in [0.05, 0.1) is 33.0 Å². The number of nitrogens with one attached hydrogen (secondary N) is 1. The van der Waals surface area contributed by atoms with Gasteiger partial charge in [0.15, 0.2) is 0 Å². The molecule has 2 atom stereocenters. The average molecular weight is 336 g/mol. The number of hydrogen-bond donors (Lipinski definition) is 1. The number of pyridine rings is 1. The van der Waals surface area contributed by atoms with Crippen LogP contribution in [0.4, 0.5) is 0 Å². The average Bonchev–Trinajstić information content (AvgIpc) is 3.44. The van der Waals surface area contributed by atoms with Crippen LogP contribution in [0.15, 0.2) is 12.1 Å². The second-order valence-electron chi connectivity index (χ2n) is 6.17. The van der Waals surface area contributed by atoms with Gasteiger partial charge in [0.1, 0.15) is 5.56 Å². The number of carbonyl (C=O) groups excluding carboxylic acids is 1. The summed E-state index contributed by atoms with van der Waals surface area (Å²) in [6.45, 7) is 1.88. The van der Waals surface area contributed by atoms with E-state index in [4.69, 9.17) is 18.9 Å². The minimum atomic E-state index is -0.252. The Bertz CT molecular complexity index is 576. The Morgan fingerprint density at radius 3 is 2.83 bits per heavy atom. The third-order valence-corrected chi connectivity index (χ3v) is 4.33. The first kappa shape index (κ1) is 17.0. The third-order valence-electron chi connectivity index (χ3n) is 4.33. The van der Waals surface area contributed by atoms with Gasteiger partial charge in [0, 0.05) is 19.3 Å². The van der Waals surface area contributed by atoms with E-state index in [9.17, 15) is 4.79 Å². The molecule has 132 valence electrons. The summed E-state index contributed by atoms with van der Waals surface area (Å²) >= 11 is 0. The Morgan fingerprint density at radius 2 is 2.12 bits per heavy atom. The molecule has 0 unspecified atom stereocenters. The van der Waals surface area contributed by atoms with E-state index in [1.54, 1.807) is 12.1 Å². The highest BCUT2D eigenvalue weighted by atomic mass is 16.5. The smallest absolute Gasteiger partial charge is 0.257 e. The first-order chi connectivity index (χ1) is 11.7. The van der Waals surface area contributed by atoms with E-state index in [2.05, 4.69) is 10.3 Å². The fourth-order valence-corrected chi connectivity index (χ4v) is 2.71. The van der Waals surface area contributed by atoms with Gasteiger partial charge in [0.2, 0.25) is 11.8 Å². The molecular weight excluding hydrogens is 312 g/mol. The van der Waals surface area contributed by atoms with Gasteiger partial charge in [-0.15, -0.1) is 0 Å². The molecule has 0 spiro atoms. The number of hydrogen-bond acceptors (Lipinski definition) is 6. The fraction of sp³-hybridized carbons (Fsp3) is 0.647. The second-order valence-corrected chi connectivity index (χ2v) is 6.17. The fourth-order valence-electron chi connectivity index (χ4n) is 2.71. The molecule has 1 saturated heterocycles. The number of ether oxygens (including phenoxy) is 4. The van der Waals surface area contributed by atoms with Crippen LogP contribution in [-0.2, 0) is 9.47 Å². The molecule has 3 rings (SSSR count). The zero-order chi connectivity index (χ0) is 16.9. The van der Waals surface area contributed by atoms with Gasteiger partial charge in [-0.25, -0.2) is 0 Å². The summed E-state index contributed by atoms with van der Waals surface area (Å²) < 4.78 is 21.7. The topological polar surface area (TPSA) is 78.9 Å². The van der Waals surface area contributed by atoms with Crippen molar-refractivity contribution in [3.05, 3.63) is 17.7 Å². The van der Waals surface area contributed by atoms with Crippen molar-refractivity contribution < 1.29 is 23.7 Å².